The normalized spacial score (nSPS) is 18.9. The molecule has 6 heteroatoms. The second-order valence-corrected chi connectivity index (χ2v) is 6.27. The molecule has 2 heterocycles. The maximum atomic E-state index is 11.8. The number of hydrogen-bond donors (Lipinski definition) is 2. The molecule has 1 fully saturated rings. The van der Waals surface area contributed by atoms with Crippen molar-refractivity contribution in [2.75, 3.05) is 26.2 Å². The van der Waals surface area contributed by atoms with Crippen LogP contribution in [0.25, 0.3) is 0 Å². The van der Waals surface area contributed by atoms with E-state index in [0.29, 0.717) is 16.8 Å². The van der Waals surface area contributed by atoms with E-state index in [1.165, 1.54) is 19.1 Å². The monoisotopic (exact) mass is 344 g/mol. The lowest BCUT2D eigenvalue weighted by Crippen LogP contribution is -2.43. The van der Waals surface area contributed by atoms with Crippen molar-refractivity contribution in [1.82, 2.24) is 10.2 Å². The number of rotatable bonds is 5. The van der Waals surface area contributed by atoms with Gasteiger partial charge in [0.25, 0.3) is 5.91 Å². The van der Waals surface area contributed by atoms with Gasteiger partial charge < -0.3 is 19.7 Å². The summed E-state index contributed by atoms with van der Waals surface area (Å²) in [5.41, 5.74) is 0.455. The first-order valence-corrected chi connectivity index (χ1v) is 7.76. The van der Waals surface area contributed by atoms with Crippen molar-refractivity contribution in [1.29, 1.82) is 0 Å². The molecule has 1 aliphatic heterocycles. The summed E-state index contributed by atoms with van der Waals surface area (Å²) in [5.74, 6) is 0.549. The third-order valence-electron chi connectivity index (χ3n) is 3.67. The van der Waals surface area contributed by atoms with Gasteiger partial charge in [-0.15, -0.1) is 0 Å². The van der Waals surface area contributed by atoms with Crippen LogP contribution in [0.5, 0.6) is 0 Å². The molecule has 1 amide bonds. The SMILES string of the molecule is CC1CCN(CC(O)CNC(=O)c2coc(Br)c2)CC1. The zero-order valence-electron chi connectivity index (χ0n) is 11.6. The van der Waals surface area contributed by atoms with Crippen LogP contribution in [0.3, 0.4) is 0 Å². The Kier molecular flexibility index (Phi) is 5.63. The molecule has 0 aliphatic carbocycles. The number of likely N-dealkylation sites (tertiary alicyclic amines) is 1. The zero-order chi connectivity index (χ0) is 14.5. The summed E-state index contributed by atoms with van der Waals surface area (Å²) in [5, 5.41) is 12.7. The van der Waals surface area contributed by atoms with Gasteiger partial charge >= 0.3 is 0 Å². The lowest BCUT2D eigenvalue weighted by Gasteiger charge is -2.31. The molecular formula is C14H21BrN2O3. The van der Waals surface area contributed by atoms with E-state index in [9.17, 15) is 9.90 Å². The van der Waals surface area contributed by atoms with Gasteiger partial charge in [0, 0.05) is 19.2 Å². The first-order chi connectivity index (χ1) is 9.54. The molecule has 1 aliphatic rings. The fraction of sp³-hybridized carbons (Fsp3) is 0.643. The van der Waals surface area contributed by atoms with E-state index in [2.05, 4.69) is 33.1 Å². The van der Waals surface area contributed by atoms with E-state index >= 15 is 0 Å². The van der Waals surface area contributed by atoms with Gasteiger partial charge in [-0.25, -0.2) is 0 Å². The molecule has 1 atom stereocenters. The number of halogens is 1. The number of piperidine rings is 1. The first kappa shape index (κ1) is 15.5. The Balaban J connectivity index is 1.69. The van der Waals surface area contributed by atoms with Crippen LogP contribution in [-0.2, 0) is 0 Å². The number of amides is 1. The van der Waals surface area contributed by atoms with E-state index in [1.54, 1.807) is 6.07 Å². The van der Waals surface area contributed by atoms with Crippen LogP contribution in [0.15, 0.2) is 21.4 Å². The largest absolute Gasteiger partial charge is 0.457 e. The topological polar surface area (TPSA) is 65.7 Å². The molecule has 20 heavy (non-hydrogen) atoms. The van der Waals surface area contributed by atoms with E-state index in [1.807, 2.05) is 0 Å². The first-order valence-electron chi connectivity index (χ1n) is 6.97. The maximum Gasteiger partial charge on any atom is 0.254 e. The van der Waals surface area contributed by atoms with E-state index in [-0.39, 0.29) is 12.5 Å². The predicted octanol–water partition coefficient (Wildman–Crippen LogP) is 1.86. The van der Waals surface area contributed by atoms with Crippen LogP contribution < -0.4 is 5.32 Å². The lowest BCUT2D eigenvalue weighted by atomic mass is 9.99. The molecule has 0 bridgehead atoms. The molecule has 112 valence electrons. The molecule has 0 aromatic carbocycles. The number of aliphatic hydroxyl groups is 1. The number of furan rings is 1. The van der Waals surface area contributed by atoms with Crippen molar-refractivity contribution in [2.24, 2.45) is 5.92 Å². The summed E-state index contributed by atoms with van der Waals surface area (Å²) in [7, 11) is 0. The predicted molar refractivity (Wildman–Crippen MR) is 79.6 cm³/mol. The molecule has 0 spiro atoms. The minimum Gasteiger partial charge on any atom is -0.457 e. The lowest BCUT2D eigenvalue weighted by molar-refractivity contribution is 0.0795. The highest BCUT2D eigenvalue weighted by Gasteiger charge is 2.19. The maximum absolute atomic E-state index is 11.8. The number of nitrogens with zero attached hydrogens (tertiary/aromatic N) is 1. The molecule has 2 N–H and O–H groups in total. The number of aliphatic hydroxyl groups excluding tert-OH is 1. The van der Waals surface area contributed by atoms with E-state index in [0.717, 1.165) is 19.0 Å². The average Bonchev–Trinajstić information content (AvgIpc) is 2.85. The van der Waals surface area contributed by atoms with Gasteiger partial charge in [0.2, 0.25) is 0 Å². The Hall–Kier alpha value is -0.850. The average molecular weight is 345 g/mol. The fourth-order valence-corrected chi connectivity index (χ4v) is 2.69. The standard InChI is InChI=1S/C14H21BrN2O3/c1-10-2-4-17(5-3-10)8-12(18)7-16-14(19)11-6-13(15)20-9-11/h6,9-10,12,18H,2-5,7-8H2,1H3,(H,16,19). The summed E-state index contributed by atoms with van der Waals surface area (Å²) in [6.07, 6.45) is 3.21. The quantitative estimate of drug-likeness (QED) is 0.855. The Morgan fingerprint density at radius 1 is 1.60 bits per heavy atom. The van der Waals surface area contributed by atoms with Crippen molar-refractivity contribution in [2.45, 2.75) is 25.9 Å². The van der Waals surface area contributed by atoms with Gasteiger partial charge in [-0.2, -0.15) is 0 Å². The summed E-state index contributed by atoms with van der Waals surface area (Å²) in [4.78, 5) is 14.0. The third kappa shape index (κ3) is 4.61. The van der Waals surface area contributed by atoms with E-state index in [4.69, 9.17) is 4.42 Å². The highest BCUT2D eigenvalue weighted by atomic mass is 79.9. The fourth-order valence-electron chi connectivity index (χ4n) is 2.35. The third-order valence-corrected chi connectivity index (χ3v) is 4.09. The van der Waals surface area contributed by atoms with Gasteiger partial charge in [0.1, 0.15) is 6.26 Å². The van der Waals surface area contributed by atoms with Crippen molar-refractivity contribution >= 4 is 21.8 Å². The highest BCUT2D eigenvalue weighted by molar-refractivity contribution is 9.10. The van der Waals surface area contributed by atoms with Gasteiger partial charge in [0.05, 0.1) is 11.7 Å². The van der Waals surface area contributed by atoms with Crippen LogP contribution in [0, 0.1) is 5.92 Å². The minimum atomic E-state index is -0.539. The number of nitrogens with one attached hydrogen (secondary N) is 1. The number of hydrogen-bond acceptors (Lipinski definition) is 4. The Morgan fingerprint density at radius 3 is 2.90 bits per heavy atom. The number of carbonyl (C=O) groups is 1. The van der Waals surface area contributed by atoms with Gasteiger partial charge in [-0.1, -0.05) is 6.92 Å². The number of β-amino-alcohol motifs (C(OH)–C–C–N with tert-alkyl or cyclic N) is 1. The molecule has 2 rings (SSSR count). The van der Waals surface area contributed by atoms with Crippen LogP contribution in [0.4, 0.5) is 0 Å². The Morgan fingerprint density at radius 2 is 2.30 bits per heavy atom. The molecule has 1 aromatic heterocycles. The van der Waals surface area contributed by atoms with Crippen LogP contribution in [0.2, 0.25) is 0 Å². The summed E-state index contributed by atoms with van der Waals surface area (Å²) >= 11 is 3.15. The van der Waals surface area contributed by atoms with Crippen LogP contribution in [0.1, 0.15) is 30.1 Å². The summed E-state index contributed by atoms with van der Waals surface area (Å²) < 4.78 is 5.53. The minimum absolute atomic E-state index is 0.231. The second-order valence-electron chi connectivity index (χ2n) is 5.49. The van der Waals surface area contributed by atoms with Crippen LogP contribution in [-0.4, -0.2) is 48.2 Å². The molecule has 0 radical (unpaired) electrons. The van der Waals surface area contributed by atoms with Gasteiger partial charge in [-0.05, 0) is 47.8 Å². The molecule has 1 unspecified atom stereocenters. The van der Waals surface area contributed by atoms with Crippen molar-refractivity contribution in [3.8, 4) is 0 Å². The van der Waals surface area contributed by atoms with E-state index < -0.39 is 6.10 Å². The Bertz CT molecular complexity index is 441. The Labute approximate surface area is 127 Å². The molecule has 5 nitrogen and oxygen atoms in total. The van der Waals surface area contributed by atoms with Crippen molar-refractivity contribution in [3.05, 3.63) is 22.6 Å². The van der Waals surface area contributed by atoms with Crippen LogP contribution >= 0.6 is 15.9 Å². The molecule has 0 saturated carbocycles. The molecule has 1 saturated heterocycles. The van der Waals surface area contributed by atoms with Crippen molar-refractivity contribution < 1.29 is 14.3 Å². The zero-order valence-corrected chi connectivity index (χ0v) is 13.2. The van der Waals surface area contributed by atoms with Gasteiger partial charge in [0.15, 0.2) is 4.67 Å². The second kappa shape index (κ2) is 7.24. The number of carbonyl (C=O) groups excluding carboxylic acids is 1. The molecule has 1 aromatic rings. The summed E-state index contributed by atoms with van der Waals surface area (Å²) in [6.45, 7) is 5.19. The smallest absolute Gasteiger partial charge is 0.254 e. The highest BCUT2D eigenvalue weighted by Crippen LogP contribution is 2.16. The summed E-state index contributed by atoms with van der Waals surface area (Å²) in [6, 6.07) is 1.60. The van der Waals surface area contributed by atoms with Gasteiger partial charge in [-0.3, -0.25) is 4.79 Å². The molecular weight excluding hydrogens is 324 g/mol. The van der Waals surface area contributed by atoms with Crippen molar-refractivity contribution in [3.63, 3.8) is 0 Å².